The SMILES string of the molecule is COC(=O)c1coc(-c2coc(-c3coc(-c4cc(Br)cc(-c5nc(C(=O)OC(C)(C)C)co5)n4)n3)n2)n1. The Labute approximate surface area is 222 Å². The van der Waals surface area contributed by atoms with Crippen LogP contribution in [0.2, 0.25) is 0 Å². The number of rotatable bonds is 6. The fourth-order valence-electron chi connectivity index (χ4n) is 3.10. The molecule has 0 spiro atoms. The molecular formula is C24H18BrN5O8. The molecule has 0 radical (unpaired) electrons. The number of ether oxygens (including phenoxy) is 2. The molecule has 0 N–H and O–H groups in total. The molecule has 0 bridgehead atoms. The van der Waals surface area contributed by atoms with Crippen molar-refractivity contribution in [3.63, 3.8) is 0 Å². The maximum atomic E-state index is 12.3. The van der Waals surface area contributed by atoms with Crippen LogP contribution in [0.3, 0.4) is 0 Å². The molecule has 5 heterocycles. The smallest absolute Gasteiger partial charge is 0.360 e. The van der Waals surface area contributed by atoms with Crippen molar-refractivity contribution >= 4 is 27.9 Å². The molecule has 38 heavy (non-hydrogen) atoms. The van der Waals surface area contributed by atoms with Crippen LogP contribution in [0, 0.1) is 0 Å². The number of pyridine rings is 1. The number of carbonyl (C=O) groups is 2. The summed E-state index contributed by atoms with van der Waals surface area (Å²) < 4.78 is 32.4. The zero-order chi connectivity index (χ0) is 27.0. The number of halogens is 1. The summed E-state index contributed by atoms with van der Waals surface area (Å²) in [7, 11) is 1.24. The van der Waals surface area contributed by atoms with Crippen LogP contribution < -0.4 is 0 Å². The van der Waals surface area contributed by atoms with Gasteiger partial charge >= 0.3 is 11.9 Å². The Kier molecular flexibility index (Phi) is 6.40. The van der Waals surface area contributed by atoms with Gasteiger partial charge in [0.15, 0.2) is 22.8 Å². The van der Waals surface area contributed by atoms with Crippen molar-refractivity contribution in [2.45, 2.75) is 26.4 Å². The molecule has 0 amide bonds. The van der Waals surface area contributed by atoms with Gasteiger partial charge in [-0.15, -0.1) is 0 Å². The fraction of sp³-hybridized carbons (Fsp3) is 0.208. The molecule has 14 heteroatoms. The van der Waals surface area contributed by atoms with Gasteiger partial charge in [0.25, 0.3) is 0 Å². The number of nitrogens with zero attached hydrogens (tertiary/aromatic N) is 5. The van der Waals surface area contributed by atoms with Gasteiger partial charge in [-0.3, -0.25) is 0 Å². The van der Waals surface area contributed by atoms with E-state index in [-0.39, 0.29) is 46.3 Å². The Bertz CT molecular complexity index is 1640. The highest BCUT2D eigenvalue weighted by Gasteiger charge is 2.23. The second-order valence-corrected chi connectivity index (χ2v) is 9.62. The van der Waals surface area contributed by atoms with E-state index >= 15 is 0 Å². The third-order valence-electron chi connectivity index (χ3n) is 4.69. The molecule has 0 aliphatic carbocycles. The molecule has 0 saturated heterocycles. The average Bonchev–Trinajstić information content (AvgIpc) is 3.67. The number of oxazole rings is 4. The lowest BCUT2D eigenvalue weighted by molar-refractivity contribution is 0.00626. The lowest BCUT2D eigenvalue weighted by Gasteiger charge is -2.18. The Morgan fingerprint density at radius 1 is 0.684 bits per heavy atom. The van der Waals surface area contributed by atoms with Crippen LogP contribution in [0.4, 0.5) is 0 Å². The number of aromatic nitrogens is 5. The van der Waals surface area contributed by atoms with Crippen LogP contribution in [0.25, 0.3) is 46.3 Å². The van der Waals surface area contributed by atoms with E-state index in [1.807, 2.05) is 0 Å². The van der Waals surface area contributed by atoms with E-state index in [2.05, 4.69) is 45.6 Å². The van der Waals surface area contributed by atoms with Crippen LogP contribution in [0.15, 0.2) is 59.3 Å². The zero-order valence-electron chi connectivity index (χ0n) is 20.3. The van der Waals surface area contributed by atoms with Gasteiger partial charge in [-0.05, 0) is 32.9 Å². The van der Waals surface area contributed by atoms with Gasteiger partial charge in [0.1, 0.15) is 42.0 Å². The molecule has 0 aliphatic heterocycles. The van der Waals surface area contributed by atoms with Gasteiger partial charge in [-0.1, -0.05) is 15.9 Å². The first kappa shape index (κ1) is 25.1. The van der Waals surface area contributed by atoms with Crippen molar-refractivity contribution in [2.24, 2.45) is 0 Å². The number of esters is 2. The van der Waals surface area contributed by atoms with E-state index in [4.69, 9.17) is 22.4 Å². The number of hydrogen-bond donors (Lipinski definition) is 0. The van der Waals surface area contributed by atoms with Crippen molar-refractivity contribution in [1.29, 1.82) is 0 Å². The maximum absolute atomic E-state index is 12.3. The van der Waals surface area contributed by atoms with Gasteiger partial charge in [-0.25, -0.2) is 34.5 Å². The fourth-order valence-corrected chi connectivity index (χ4v) is 3.53. The van der Waals surface area contributed by atoms with Crippen molar-refractivity contribution in [1.82, 2.24) is 24.9 Å². The van der Waals surface area contributed by atoms with Crippen molar-refractivity contribution in [3.8, 4) is 46.3 Å². The van der Waals surface area contributed by atoms with Crippen molar-refractivity contribution < 1.29 is 36.7 Å². The average molecular weight is 584 g/mol. The van der Waals surface area contributed by atoms with Crippen molar-refractivity contribution in [3.05, 3.63) is 53.0 Å². The molecule has 0 unspecified atom stereocenters. The highest BCUT2D eigenvalue weighted by molar-refractivity contribution is 9.10. The quantitative estimate of drug-likeness (QED) is 0.239. The van der Waals surface area contributed by atoms with E-state index in [9.17, 15) is 9.59 Å². The first-order valence-corrected chi connectivity index (χ1v) is 11.7. The minimum atomic E-state index is -0.676. The summed E-state index contributed by atoms with van der Waals surface area (Å²) in [5.41, 5.74) is 0.527. The summed E-state index contributed by atoms with van der Waals surface area (Å²) in [4.78, 5) is 45.3. The summed E-state index contributed by atoms with van der Waals surface area (Å²) in [6, 6.07) is 3.34. The van der Waals surface area contributed by atoms with Gasteiger partial charge < -0.3 is 27.1 Å². The largest absolute Gasteiger partial charge is 0.464 e. The van der Waals surface area contributed by atoms with Crippen LogP contribution in [-0.4, -0.2) is 49.6 Å². The lowest BCUT2D eigenvalue weighted by Crippen LogP contribution is -2.24. The van der Waals surface area contributed by atoms with Crippen molar-refractivity contribution in [2.75, 3.05) is 7.11 Å². The lowest BCUT2D eigenvalue weighted by atomic mass is 10.2. The monoisotopic (exact) mass is 583 g/mol. The molecule has 0 aliphatic rings. The second kappa shape index (κ2) is 9.70. The van der Waals surface area contributed by atoms with Crippen LogP contribution in [0.1, 0.15) is 41.7 Å². The number of hydrogen-bond acceptors (Lipinski definition) is 13. The van der Waals surface area contributed by atoms with Crippen LogP contribution >= 0.6 is 15.9 Å². The van der Waals surface area contributed by atoms with Crippen LogP contribution in [0.5, 0.6) is 0 Å². The predicted molar refractivity (Wildman–Crippen MR) is 130 cm³/mol. The van der Waals surface area contributed by atoms with Gasteiger partial charge in [0.05, 0.1) is 7.11 Å². The third-order valence-corrected chi connectivity index (χ3v) is 5.14. The summed E-state index contributed by atoms with van der Waals surface area (Å²) in [5.74, 6) is -0.801. The first-order chi connectivity index (χ1) is 18.1. The zero-order valence-corrected chi connectivity index (χ0v) is 21.9. The number of methoxy groups -OCH3 is 1. The summed E-state index contributed by atoms with van der Waals surface area (Å²) in [6.45, 7) is 5.27. The minimum Gasteiger partial charge on any atom is -0.464 e. The standard InChI is InChI=1S/C24H18BrN5O8/c1-24(2,3)38-23(32)17-10-36-19(30-17)13-6-11(25)5-12(26-13)18-27-14(7-34-18)20-28-15(8-35-20)21-29-16(9-37-21)22(31)33-4/h5-10H,1-4H3. The molecule has 5 aromatic heterocycles. The molecule has 5 aromatic rings. The van der Waals surface area contributed by atoms with Gasteiger partial charge in [0, 0.05) is 4.47 Å². The normalized spacial score (nSPS) is 11.5. The van der Waals surface area contributed by atoms with Gasteiger partial charge in [0.2, 0.25) is 23.6 Å². The molecule has 0 aromatic carbocycles. The second-order valence-electron chi connectivity index (χ2n) is 8.70. The van der Waals surface area contributed by atoms with E-state index < -0.39 is 17.5 Å². The Morgan fingerprint density at radius 3 is 1.66 bits per heavy atom. The molecule has 13 nitrogen and oxygen atoms in total. The highest BCUT2D eigenvalue weighted by atomic mass is 79.9. The predicted octanol–water partition coefficient (Wildman–Crippen LogP) is 5.21. The van der Waals surface area contributed by atoms with E-state index in [0.29, 0.717) is 15.9 Å². The Morgan fingerprint density at radius 2 is 1.13 bits per heavy atom. The molecule has 0 saturated carbocycles. The molecule has 0 fully saturated rings. The molecule has 5 rings (SSSR count). The maximum Gasteiger partial charge on any atom is 0.360 e. The minimum absolute atomic E-state index is 0.00318. The molecule has 0 atom stereocenters. The molecular weight excluding hydrogens is 566 g/mol. The highest BCUT2D eigenvalue weighted by Crippen LogP contribution is 2.30. The van der Waals surface area contributed by atoms with E-state index in [0.717, 1.165) is 6.26 Å². The summed E-state index contributed by atoms with van der Waals surface area (Å²) in [6.07, 6.45) is 5.01. The first-order valence-electron chi connectivity index (χ1n) is 10.9. The van der Waals surface area contributed by atoms with Gasteiger partial charge in [-0.2, -0.15) is 0 Å². The van der Waals surface area contributed by atoms with Crippen LogP contribution in [-0.2, 0) is 9.47 Å². The molecule has 194 valence electrons. The Balaban J connectivity index is 1.38. The van der Waals surface area contributed by atoms with E-state index in [1.54, 1.807) is 32.9 Å². The third kappa shape index (κ3) is 5.25. The summed E-state index contributed by atoms with van der Waals surface area (Å²) in [5, 5.41) is 0. The number of carbonyl (C=O) groups excluding carboxylic acids is 2. The van der Waals surface area contributed by atoms with E-state index in [1.165, 1.54) is 25.9 Å². The summed E-state index contributed by atoms with van der Waals surface area (Å²) >= 11 is 3.43. The topological polar surface area (TPSA) is 170 Å². The Hall–Kier alpha value is -4.59.